The summed E-state index contributed by atoms with van der Waals surface area (Å²) in [6.45, 7) is 0. The van der Waals surface area contributed by atoms with Gasteiger partial charge in [-0.1, -0.05) is 35.3 Å². The number of carboxylic acid groups (broad SMARTS) is 1. The Kier molecular flexibility index (Phi) is 3.57. The van der Waals surface area contributed by atoms with Crippen molar-refractivity contribution in [1.29, 1.82) is 0 Å². The van der Waals surface area contributed by atoms with Gasteiger partial charge in [-0.3, -0.25) is 4.79 Å². The molecule has 4 nitrogen and oxygen atoms in total. The van der Waals surface area contributed by atoms with Gasteiger partial charge in [-0.15, -0.1) is 0 Å². The van der Waals surface area contributed by atoms with Crippen molar-refractivity contribution in [3.63, 3.8) is 0 Å². The first kappa shape index (κ1) is 13.9. The maximum Gasteiger partial charge on any atom is 0.307 e. The van der Waals surface area contributed by atoms with Crippen LogP contribution in [-0.2, 0) is 11.2 Å². The average Bonchev–Trinajstić information content (AvgIpc) is 2.82. The van der Waals surface area contributed by atoms with Gasteiger partial charge in [0.2, 0.25) is 5.89 Å². The highest BCUT2D eigenvalue weighted by molar-refractivity contribution is 6.38. The van der Waals surface area contributed by atoms with Crippen LogP contribution in [-0.4, -0.2) is 16.1 Å². The molecule has 0 unspecified atom stereocenters. The summed E-state index contributed by atoms with van der Waals surface area (Å²) >= 11 is 12.0. The summed E-state index contributed by atoms with van der Waals surface area (Å²) in [5.41, 5.74) is 2.38. The van der Waals surface area contributed by atoms with Gasteiger partial charge < -0.3 is 9.52 Å². The van der Waals surface area contributed by atoms with E-state index < -0.39 is 5.97 Å². The fourth-order valence-corrected chi connectivity index (χ4v) is 2.59. The van der Waals surface area contributed by atoms with Crippen LogP contribution in [0.15, 0.2) is 40.8 Å². The minimum absolute atomic E-state index is 0.0549. The van der Waals surface area contributed by atoms with Gasteiger partial charge in [0.25, 0.3) is 0 Å². The van der Waals surface area contributed by atoms with Gasteiger partial charge in [0, 0.05) is 10.6 Å². The minimum atomic E-state index is -0.889. The molecule has 0 saturated heterocycles. The molecule has 0 radical (unpaired) electrons. The molecule has 0 saturated carbocycles. The Morgan fingerprint density at radius 1 is 1.24 bits per heavy atom. The van der Waals surface area contributed by atoms with Crippen LogP contribution in [0, 0.1) is 0 Å². The second-order valence-electron chi connectivity index (χ2n) is 4.53. The molecule has 3 aromatic rings. The Balaban J connectivity index is 2.08. The first-order valence-electron chi connectivity index (χ1n) is 6.09. The highest BCUT2D eigenvalue weighted by atomic mass is 35.5. The van der Waals surface area contributed by atoms with E-state index in [1.807, 2.05) is 0 Å². The number of hydrogen-bond acceptors (Lipinski definition) is 3. The topological polar surface area (TPSA) is 63.3 Å². The molecule has 0 atom stereocenters. The summed E-state index contributed by atoms with van der Waals surface area (Å²) in [6.07, 6.45) is -0.0549. The SMILES string of the molecule is O=C(O)Cc1cccc(-c2nc3cc(Cl)cc(Cl)c3o2)c1. The molecule has 0 fully saturated rings. The molecule has 21 heavy (non-hydrogen) atoms. The number of aliphatic carboxylic acids is 1. The number of rotatable bonds is 3. The molecule has 0 aliphatic rings. The van der Waals surface area contributed by atoms with Crippen molar-refractivity contribution in [3.8, 4) is 11.5 Å². The molecule has 1 heterocycles. The summed E-state index contributed by atoms with van der Waals surface area (Å²) in [6, 6.07) is 10.3. The normalized spacial score (nSPS) is 11.0. The predicted molar refractivity (Wildman–Crippen MR) is 80.8 cm³/mol. The fourth-order valence-electron chi connectivity index (χ4n) is 2.07. The minimum Gasteiger partial charge on any atom is -0.481 e. The Bertz CT molecular complexity index is 842. The largest absolute Gasteiger partial charge is 0.481 e. The van der Waals surface area contributed by atoms with E-state index in [-0.39, 0.29) is 6.42 Å². The van der Waals surface area contributed by atoms with E-state index in [9.17, 15) is 4.79 Å². The molecule has 2 aromatic carbocycles. The quantitative estimate of drug-likeness (QED) is 0.775. The lowest BCUT2D eigenvalue weighted by molar-refractivity contribution is -0.136. The number of nitrogens with zero attached hydrogens (tertiary/aromatic N) is 1. The first-order valence-corrected chi connectivity index (χ1v) is 6.85. The predicted octanol–water partition coefficient (Wildman–Crippen LogP) is 4.43. The molecule has 0 spiro atoms. The third-order valence-corrected chi connectivity index (χ3v) is 3.44. The number of carboxylic acids is 1. The van der Waals surface area contributed by atoms with Crippen molar-refractivity contribution in [2.75, 3.05) is 0 Å². The number of aromatic nitrogens is 1. The molecular formula is C15H9Cl2NO3. The van der Waals surface area contributed by atoms with Crippen LogP contribution >= 0.6 is 23.2 Å². The van der Waals surface area contributed by atoms with E-state index in [1.54, 1.807) is 36.4 Å². The Morgan fingerprint density at radius 3 is 2.81 bits per heavy atom. The molecule has 3 rings (SSSR count). The number of hydrogen-bond donors (Lipinski definition) is 1. The summed E-state index contributed by atoms with van der Waals surface area (Å²) in [4.78, 5) is 15.1. The third kappa shape index (κ3) is 2.86. The van der Waals surface area contributed by atoms with Crippen LogP contribution in [0.4, 0.5) is 0 Å². The third-order valence-electron chi connectivity index (χ3n) is 2.94. The Hall–Kier alpha value is -2.04. The number of oxazole rings is 1. The Labute approximate surface area is 129 Å². The number of halogens is 2. The molecule has 0 aliphatic carbocycles. The lowest BCUT2D eigenvalue weighted by Crippen LogP contribution is -1.99. The number of fused-ring (bicyclic) bond motifs is 1. The molecule has 6 heteroatoms. The first-order chi connectivity index (χ1) is 10.0. The summed E-state index contributed by atoms with van der Waals surface area (Å²) < 4.78 is 5.65. The zero-order chi connectivity index (χ0) is 15.0. The van der Waals surface area contributed by atoms with Gasteiger partial charge in [0.05, 0.1) is 11.4 Å². The average molecular weight is 322 g/mol. The van der Waals surface area contributed by atoms with E-state index in [4.69, 9.17) is 32.7 Å². The number of carbonyl (C=O) groups is 1. The summed E-state index contributed by atoms with van der Waals surface area (Å²) in [5, 5.41) is 9.70. The molecule has 0 amide bonds. The van der Waals surface area contributed by atoms with Crippen molar-refractivity contribution in [3.05, 3.63) is 52.0 Å². The van der Waals surface area contributed by atoms with E-state index in [1.165, 1.54) is 0 Å². The summed E-state index contributed by atoms with van der Waals surface area (Å²) in [5.74, 6) is -0.513. The molecule has 0 aliphatic heterocycles. The smallest absolute Gasteiger partial charge is 0.307 e. The number of benzene rings is 2. The molecule has 0 bridgehead atoms. The molecule has 1 aromatic heterocycles. The molecule has 106 valence electrons. The fraction of sp³-hybridized carbons (Fsp3) is 0.0667. The lowest BCUT2D eigenvalue weighted by Gasteiger charge is -1.99. The van der Waals surface area contributed by atoms with Gasteiger partial charge in [-0.2, -0.15) is 0 Å². The second kappa shape index (κ2) is 5.39. The van der Waals surface area contributed by atoms with Gasteiger partial charge in [-0.05, 0) is 29.8 Å². The zero-order valence-corrected chi connectivity index (χ0v) is 12.1. The van der Waals surface area contributed by atoms with Crippen LogP contribution in [0.3, 0.4) is 0 Å². The summed E-state index contributed by atoms with van der Waals surface area (Å²) in [7, 11) is 0. The van der Waals surface area contributed by atoms with Crippen LogP contribution in [0.2, 0.25) is 10.0 Å². The van der Waals surface area contributed by atoms with Crippen molar-refractivity contribution < 1.29 is 14.3 Å². The van der Waals surface area contributed by atoms with Gasteiger partial charge in [0.1, 0.15) is 5.52 Å². The zero-order valence-electron chi connectivity index (χ0n) is 10.6. The van der Waals surface area contributed by atoms with Gasteiger partial charge in [0.15, 0.2) is 5.58 Å². The maximum absolute atomic E-state index is 10.8. The van der Waals surface area contributed by atoms with Gasteiger partial charge >= 0.3 is 5.97 Å². The highest BCUT2D eigenvalue weighted by Crippen LogP contribution is 2.32. The van der Waals surface area contributed by atoms with E-state index in [0.717, 1.165) is 0 Å². The van der Waals surface area contributed by atoms with Crippen LogP contribution < -0.4 is 0 Å². The van der Waals surface area contributed by atoms with E-state index in [0.29, 0.717) is 38.2 Å². The van der Waals surface area contributed by atoms with Crippen molar-refractivity contribution in [1.82, 2.24) is 4.98 Å². The second-order valence-corrected chi connectivity index (χ2v) is 5.37. The Morgan fingerprint density at radius 2 is 2.05 bits per heavy atom. The van der Waals surface area contributed by atoms with Crippen LogP contribution in [0.25, 0.3) is 22.6 Å². The van der Waals surface area contributed by atoms with Crippen molar-refractivity contribution in [2.45, 2.75) is 6.42 Å². The molecule has 1 N–H and O–H groups in total. The lowest BCUT2D eigenvalue weighted by atomic mass is 10.1. The highest BCUT2D eigenvalue weighted by Gasteiger charge is 2.13. The monoisotopic (exact) mass is 321 g/mol. The van der Waals surface area contributed by atoms with Crippen molar-refractivity contribution >= 4 is 40.3 Å². The van der Waals surface area contributed by atoms with Crippen LogP contribution in [0.5, 0.6) is 0 Å². The van der Waals surface area contributed by atoms with E-state index in [2.05, 4.69) is 4.98 Å². The van der Waals surface area contributed by atoms with Gasteiger partial charge in [-0.25, -0.2) is 4.98 Å². The van der Waals surface area contributed by atoms with Crippen LogP contribution in [0.1, 0.15) is 5.56 Å². The maximum atomic E-state index is 10.8. The standard InChI is InChI=1S/C15H9Cl2NO3/c16-10-6-11(17)14-12(7-10)18-15(21-14)9-3-1-2-8(4-9)5-13(19)20/h1-4,6-7H,5H2,(H,19,20). The van der Waals surface area contributed by atoms with Crippen molar-refractivity contribution in [2.24, 2.45) is 0 Å². The van der Waals surface area contributed by atoms with E-state index >= 15 is 0 Å². The molecular weight excluding hydrogens is 313 g/mol.